The van der Waals surface area contributed by atoms with E-state index >= 15 is 0 Å². The first-order chi connectivity index (χ1) is 18.0. The molecule has 0 radical (unpaired) electrons. The standard InChI is InChI=1S/C27H28ClF2N3O4S/c1-3-13(2)21(32-25(35)23(38)15-6-4-5-7-19(15)30)24(34)33-27(26(36)37)9-8-20-17(12-27)16-10-14(29)11-18(28)22(16)31-20/h4-7,10-11,13,21,23,31,38H,3,8-9,12H2,1-2H3,(H,32,35)(H,33,34)(H,36,37)/t13?,21?,23?,27-/m1/s1. The Hall–Kier alpha value is -3.11. The van der Waals surface area contributed by atoms with Crippen molar-refractivity contribution in [1.82, 2.24) is 15.6 Å². The number of aromatic nitrogens is 1. The lowest BCUT2D eigenvalue weighted by molar-refractivity contribution is -0.149. The third-order valence-corrected chi connectivity index (χ3v) is 8.12. The molecule has 0 fully saturated rings. The predicted molar refractivity (Wildman–Crippen MR) is 143 cm³/mol. The highest BCUT2D eigenvalue weighted by molar-refractivity contribution is 7.81. The highest BCUT2D eigenvalue weighted by Crippen LogP contribution is 2.37. The van der Waals surface area contributed by atoms with Gasteiger partial charge in [0.15, 0.2) is 0 Å². The van der Waals surface area contributed by atoms with E-state index < -0.39 is 46.2 Å². The largest absolute Gasteiger partial charge is 0.479 e. The van der Waals surface area contributed by atoms with Gasteiger partial charge >= 0.3 is 5.97 Å². The fourth-order valence-corrected chi connectivity index (χ4v) is 5.44. The SMILES string of the molecule is CCC(C)C(NC(=O)C(S)c1ccccc1F)C(=O)N[C@]1(C(=O)O)CCc2[nH]c3c(Cl)cc(F)cc3c2C1. The molecule has 4 atom stereocenters. The molecule has 202 valence electrons. The summed E-state index contributed by atoms with van der Waals surface area (Å²) in [6, 6.07) is 7.07. The highest BCUT2D eigenvalue weighted by atomic mass is 35.5. The molecule has 3 unspecified atom stereocenters. The predicted octanol–water partition coefficient (Wildman–Crippen LogP) is 4.73. The minimum Gasteiger partial charge on any atom is -0.479 e. The first-order valence-corrected chi connectivity index (χ1v) is 13.1. The highest BCUT2D eigenvalue weighted by Gasteiger charge is 2.46. The fourth-order valence-electron chi connectivity index (χ4n) is 4.90. The first kappa shape index (κ1) is 27.9. The molecule has 1 aromatic heterocycles. The number of aromatic amines is 1. The Kier molecular flexibility index (Phi) is 8.04. The first-order valence-electron chi connectivity index (χ1n) is 12.2. The van der Waals surface area contributed by atoms with Crippen LogP contribution >= 0.6 is 24.2 Å². The van der Waals surface area contributed by atoms with Gasteiger partial charge in [-0.15, -0.1) is 0 Å². The number of benzene rings is 2. The second kappa shape index (κ2) is 10.9. The van der Waals surface area contributed by atoms with Crippen LogP contribution < -0.4 is 10.6 Å². The van der Waals surface area contributed by atoms with E-state index in [0.29, 0.717) is 22.9 Å². The lowest BCUT2D eigenvalue weighted by Crippen LogP contribution is -2.62. The summed E-state index contributed by atoms with van der Waals surface area (Å²) in [5, 5.41) is 15.0. The number of fused-ring (bicyclic) bond motifs is 3. The van der Waals surface area contributed by atoms with E-state index in [9.17, 15) is 28.3 Å². The molecule has 0 spiro atoms. The number of hydrogen-bond donors (Lipinski definition) is 5. The van der Waals surface area contributed by atoms with Crippen molar-refractivity contribution in [3.8, 4) is 0 Å². The molecule has 1 heterocycles. The maximum Gasteiger partial charge on any atom is 0.329 e. The van der Waals surface area contributed by atoms with Gasteiger partial charge in [0.2, 0.25) is 11.8 Å². The molecular formula is C27H28ClF2N3O4S. The van der Waals surface area contributed by atoms with Crippen LogP contribution in [0, 0.1) is 17.6 Å². The Morgan fingerprint density at radius 1 is 1.21 bits per heavy atom. The van der Waals surface area contributed by atoms with E-state index in [1.54, 1.807) is 13.0 Å². The number of carbonyl (C=O) groups excluding carboxylic acids is 2. The minimum atomic E-state index is -1.69. The lowest BCUT2D eigenvalue weighted by atomic mass is 9.79. The summed E-state index contributed by atoms with van der Waals surface area (Å²) in [5.74, 6) is -4.15. The van der Waals surface area contributed by atoms with Crippen LogP contribution in [0.15, 0.2) is 36.4 Å². The number of carbonyl (C=O) groups is 3. The maximum atomic E-state index is 14.2. The van der Waals surface area contributed by atoms with Crippen molar-refractivity contribution in [3.05, 3.63) is 69.9 Å². The molecule has 1 aliphatic rings. The van der Waals surface area contributed by atoms with Gasteiger partial charge in [-0.25, -0.2) is 13.6 Å². The van der Waals surface area contributed by atoms with E-state index in [0.717, 1.165) is 5.69 Å². The number of aliphatic carboxylic acids is 1. The second-order valence-electron chi connectivity index (χ2n) is 9.74. The number of halogens is 3. The van der Waals surface area contributed by atoms with E-state index in [-0.39, 0.29) is 35.8 Å². The van der Waals surface area contributed by atoms with Gasteiger partial charge in [0.25, 0.3) is 0 Å². The Morgan fingerprint density at radius 3 is 2.58 bits per heavy atom. The minimum absolute atomic E-state index is 0.0590. The summed E-state index contributed by atoms with van der Waals surface area (Å²) in [6.07, 6.45) is 0.745. The number of hydrogen-bond acceptors (Lipinski definition) is 4. The molecule has 7 nitrogen and oxygen atoms in total. The molecule has 4 N–H and O–H groups in total. The molecule has 2 amide bonds. The number of carboxylic acids is 1. The van der Waals surface area contributed by atoms with Gasteiger partial charge in [-0.3, -0.25) is 9.59 Å². The van der Waals surface area contributed by atoms with Crippen LogP contribution in [-0.4, -0.2) is 39.5 Å². The van der Waals surface area contributed by atoms with Crippen LogP contribution in [0.3, 0.4) is 0 Å². The zero-order chi connectivity index (χ0) is 27.8. The van der Waals surface area contributed by atoms with Crippen LogP contribution in [-0.2, 0) is 27.2 Å². The number of H-pyrrole nitrogens is 1. The van der Waals surface area contributed by atoms with Gasteiger partial charge in [0, 0.05) is 23.1 Å². The molecule has 0 saturated heterocycles. The van der Waals surface area contributed by atoms with Crippen molar-refractivity contribution in [2.75, 3.05) is 0 Å². The third-order valence-electron chi connectivity index (χ3n) is 7.31. The molecule has 38 heavy (non-hydrogen) atoms. The normalized spacial score (nSPS) is 19.3. The molecule has 2 aromatic carbocycles. The van der Waals surface area contributed by atoms with Crippen LogP contribution in [0.25, 0.3) is 10.9 Å². The zero-order valence-corrected chi connectivity index (χ0v) is 22.4. The molecule has 11 heteroatoms. The van der Waals surface area contributed by atoms with Crippen molar-refractivity contribution >= 4 is 52.9 Å². The maximum absolute atomic E-state index is 14.2. The quantitative estimate of drug-likeness (QED) is 0.255. The number of amides is 2. The number of carboxylic acid groups (broad SMARTS) is 1. The zero-order valence-electron chi connectivity index (χ0n) is 20.8. The van der Waals surface area contributed by atoms with Crippen molar-refractivity contribution in [2.45, 2.75) is 56.4 Å². The second-order valence-corrected chi connectivity index (χ2v) is 10.7. The van der Waals surface area contributed by atoms with Gasteiger partial charge in [-0.1, -0.05) is 50.1 Å². The summed E-state index contributed by atoms with van der Waals surface area (Å²) < 4.78 is 28.3. The summed E-state index contributed by atoms with van der Waals surface area (Å²) >= 11 is 10.4. The number of rotatable bonds is 8. The molecule has 0 aliphatic heterocycles. The lowest BCUT2D eigenvalue weighted by Gasteiger charge is -2.36. The van der Waals surface area contributed by atoms with E-state index in [4.69, 9.17) is 11.6 Å². The average molecular weight is 564 g/mol. The molecule has 0 saturated carbocycles. The molecule has 1 aliphatic carbocycles. The van der Waals surface area contributed by atoms with E-state index in [2.05, 4.69) is 28.2 Å². The Morgan fingerprint density at radius 2 is 1.92 bits per heavy atom. The summed E-state index contributed by atoms with van der Waals surface area (Å²) in [6.45, 7) is 3.58. The van der Waals surface area contributed by atoms with Gasteiger partial charge in [0.1, 0.15) is 28.5 Å². The van der Waals surface area contributed by atoms with Gasteiger partial charge < -0.3 is 20.7 Å². The summed E-state index contributed by atoms with van der Waals surface area (Å²) in [4.78, 5) is 42.2. The molecule has 0 bridgehead atoms. The monoisotopic (exact) mass is 563 g/mol. The Labute approximate surface area is 228 Å². The van der Waals surface area contributed by atoms with Gasteiger partial charge in [0.05, 0.1) is 10.5 Å². The van der Waals surface area contributed by atoms with Crippen LogP contribution in [0.4, 0.5) is 8.78 Å². The van der Waals surface area contributed by atoms with Gasteiger partial charge in [-0.2, -0.15) is 12.6 Å². The topological polar surface area (TPSA) is 111 Å². The third kappa shape index (κ3) is 5.24. The van der Waals surface area contributed by atoms with Gasteiger partial charge in [-0.05, 0) is 42.5 Å². The Bertz CT molecular complexity index is 1410. The number of aryl methyl sites for hydroxylation is 1. The van der Waals surface area contributed by atoms with E-state index in [1.807, 2.05) is 6.92 Å². The van der Waals surface area contributed by atoms with Crippen LogP contribution in [0.2, 0.25) is 5.02 Å². The van der Waals surface area contributed by atoms with Crippen molar-refractivity contribution < 1.29 is 28.3 Å². The smallest absolute Gasteiger partial charge is 0.329 e. The Balaban J connectivity index is 1.61. The van der Waals surface area contributed by atoms with Crippen molar-refractivity contribution in [1.29, 1.82) is 0 Å². The molecule has 4 rings (SSSR count). The van der Waals surface area contributed by atoms with E-state index in [1.165, 1.54) is 30.3 Å². The van der Waals surface area contributed by atoms with Crippen molar-refractivity contribution in [3.63, 3.8) is 0 Å². The average Bonchev–Trinajstić information content (AvgIpc) is 3.24. The fraction of sp³-hybridized carbons (Fsp3) is 0.370. The summed E-state index contributed by atoms with van der Waals surface area (Å²) in [7, 11) is 0. The number of thiol groups is 1. The molecule has 3 aromatic rings. The van der Waals surface area contributed by atoms with Crippen molar-refractivity contribution in [2.24, 2.45) is 5.92 Å². The molecular weight excluding hydrogens is 536 g/mol. The van der Waals surface area contributed by atoms with Crippen LogP contribution in [0.5, 0.6) is 0 Å². The number of nitrogens with one attached hydrogen (secondary N) is 3. The summed E-state index contributed by atoms with van der Waals surface area (Å²) in [5.41, 5.74) is 0.162. The van der Waals surface area contributed by atoms with Crippen LogP contribution in [0.1, 0.15) is 48.8 Å².